The summed E-state index contributed by atoms with van der Waals surface area (Å²) in [7, 11) is 0. The van der Waals surface area contributed by atoms with Gasteiger partial charge in [0.1, 0.15) is 6.61 Å². The molecule has 5 heteroatoms. The Hall–Kier alpha value is -2.39. The van der Waals surface area contributed by atoms with Gasteiger partial charge in [0, 0.05) is 13.1 Å². The molecule has 1 N–H and O–H groups in total. The largest absolute Gasteiger partial charge is 0.445 e. The third-order valence-electron chi connectivity index (χ3n) is 6.44. The molecule has 0 aliphatic carbocycles. The average molecular weight is 401 g/mol. The van der Waals surface area contributed by atoms with E-state index in [1.807, 2.05) is 41.3 Å². The molecule has 0 spiro atoms. The Labute approximate surface area is 175 Å². The molecular formula is C24H36N2O3. The fraction of sp³-hybridized carbons (Fsp3) is 0.583. The van der Waals surface area contributed by atoms with Gasteiger partial charge < -0.3 is 9.64 Å². The number of hydrogen-bond donors (Lipinski definition) is 1. The van der Waals surface area contributed by atoms with E-state index >= 15 is 0 Å². The summed E-state index contributed by atoms with van der Waals surface area (Å²) in [6.45, 7) is 15.3. The number of carbonyl (C=O) groups is 1. The van der Waals surface area contributed by atoms with Crippen LogP contribution >= 0.6 is 0 Å². The second-order valence-corrected chi connectivity index (χ2v) is 8.90. The van der Waals surface area contributed by atoms with E-state index < -0.39 is 0 Å². The minimum absolute atomic E-state index is 0.184. The zero-order chi connectivity index (χ0) is 21.9. The highest BCUT2D eigenvalue weighted by Gasteiger charge is 2.44. The van der Waals surface area contributed by atoms with Crippen molar-refractivity contribution in [2.24, 2.45) is 16.7 Å². The van der Waals surface area contributed by atoms with Gasteiger partial charge in [0.2, 0.25) is 6.08 Å². The number of hydrogen-bond acceptors (Lipinski definition) is 4. The van der Waals surface area contributed by atoms with Crippen LogP contribution in [-0.2, 0) is 16.1 Å². The van der Waals surface area contributed by atoms with Crippen molar-refractivity contribution in [1.29, 1.82) is 5.41 Å². The molecule has 1 heterocycles. The summed E-state index contributed by atoms with van der Waals surface area (Å²) in [6, 6.07) is 9.85. The van der Waals surface area contributed by atoms with E-state index in [4.69, 9.17) is 14.9 Å². The molecular weight excluding hydrogens is 364 g/mol. The van der Waals surface area contributed by atoms with E-state index in [1.54, 1.807) is 0 Å². The third kappa shape index (κ3) is 7.17. The highest BCUT2D eigenvalue weighted by molar-refractivity contribution is 5.67. The molecule has 5 nitrogen and oxygen atoms in total. The zero-order valence-electron chi connectivity index (χ0n) is 18.4. The second-order valence-electron chi connectivity index (χ2n) is 8.90. The Morgan fingerprint density at radius 3 is 2.28 bits per heavy atom. The van der Waals surface area contributed by atoms with E-state index in [2.05, 4.69) is 34.3 Å². The fourth-order valence-corrected chi connectivity index (χ4v) is 4.10. The lowest BCUT2D eigenvalue weighted by Gasteiger charge is -2.50. The maximum Gasteiger partial charge on any atom is 0.410 e. The Kier molecular flexibility index (Phi) is 9.84. The van der Waals surface area contributed by atoms with Crippen LogP contribution in [0.1, 0.15) is 58.9 Å². The van der Waals surface area contributed by atoms with Gasteiger partial charge in [0.15, 0.2) is 0 Å². The Morgan fingerprint density at radius 1 is 1.24 bits per heavy atom. The molecule has 1 aromatic carbocycles. The lowest BCUT2D eigenvalue weighted by atomic mass is 9.56. The smallest absolute Gasteiger partial charge is 0.410 e. The number of nitrogens with zero attached hydrogens (tertiary/aromatic N) is 1. The van der Waals surface area contributed by atoms with Crippen LogP contribution in [0, 0.1) is 22.2 Å². The molecule has 1 atom stereocenters. The summed E-state index contributed by atoms with van der Waals surface area (Å²) in [5.74, 6) is 0.626. The van der Waals surface area contributed by atoms with E-state index in [-0.39, 0.29) is 16.9 Å². The van der Waals surface area contributed by atoms with Crippen molar-refractivity contribution in [2.75, 3.05) is 13.1 Å². The van der Waals surface area contributed by atoms with Crippen LogP contribution in [0.5, 0.6) is 0 Å². The van der Waals surface area contributed by atoms with Gasteiger partial charge in [-0.3, -0.25) is 0 Å². The summed E-state index contributed by atoms with van der Waals surface area (Å²) < 4.78 is 5.49. The molecule has 1 aliphatic rings. The van der Waals surface area contributed by atoms with Gasteiger partial charge in [-0.2, -0.15) is 0 Å². The SMILES string of the molecule is C=CCCC(C)(C1CCN(C(=O)OCc2ccccc2)CC1)C(C)(C)C.N=C=O. The molecule has 1 fully saturated rings. The molecule has 0 saturated carbocycles. The molecule has 29 heavy (non-hydrogen) atoms. The normalized spacial score (nSPS) is 16.6. The van der Waals surface area contributed by atoms with Crippen molar-refractivity contribution in [1.82, 2.24) is 4.90 Å². The second kappa shape index (κ2) is 11.6. The Balaban J connectivity index is 0.00000132. The molecule has 1 unspecified atom stereocenters. The van der Waals surface area contributed by atoms with Crippen molar-refractivity contribution in [3.8, 4) is 0 Å². The third-order valence-corrected chi connectivity index (χ3v) is 6.44. The van der Waals surface area contributed by atoms with Crippen LogP contribution in [0.4, 0.5) is 4.79 Å². The number of allylic oxidation sites excluding steroid dienone is 1. The van der Waals surface area contributed by atoms with Crippen LogP contribution in [0.25, 0.3) is 0 Å². The monoisotopic (exact) mass is 400 g/mol. The molecule has 0 aromatic heterocycles. The minimum Gasteiger partial charge on any atom is -0.445 e. The number of likely N-dealkylation sites (tertiary alicyclic amines) is 1. The molecule has 1 aromatic rings. The van der Waals surface area contributed by atoms with Gasteiger partial charge in [0.25, 0.3) is 0 Å². The first-order chi connectivity index (χ1) is 13.7. The fourth-order valence-electron chi connectivity index (χ4n) is 4.10. The predicted octanol–water partition coefficient (Wildman–Crippen LogP) is 5.95. The molecule has 2 rings (SSSR count). The van der Waals surface area contributed by atoms with Crippen molar-refractivity contribution in [3.05, 3.63) is 48.6 Å². The van der Waals surface area contributed by atoms with Crippen molar-refractivity contribution >= 4 is 12.2 Å². The van der Waals surface area contributed by atoms with Gasteiger partial charge >= 0.3 is 6.09 Å². The molecule has 0 bridgehead atoms. The van der Waals surface area contributed by atoms with Crippen LogP contribution in [-0.4, -0.2) is 30.2 Å². The first-order valence-electron chi connectivity index (χ1n) is 10.3. The van der Waals surface area contributed by atoms with Gasteiger partial charge in [-0.15, -0.1) is 6.58 Å². The molecule has 1 amide bonds. The maximum absolute atomic E-state index is 12.4. The minimum atomic E-state index is -0.184. The summed E-state index contributed by atoms with van der Waals surface area (Å²) in [5, 5.41) is 5.40. The Morgan fingerprint density at radius 2 is 1.79 bits per heavy atom. The number of carbonyl (C=O) groups excluding carboxylic acids is 2. The lowest BCUT2D eigenvalue weighted by Crippen LogP contribution is -2.47. The highest BCUT2D eigenvalue weighted by Crippen LogP contribution is 2.51. The van der Waals surface area contributed by atoms with E-state index in [0.717, 1.165) is 50.4 Å². The van der Waals surface area contributed by atoms with Crippen LogP contribution in [0.2, 0.25) is 0 Å². The van der Waals surface area contributed by atoms with Crippen molar-refractivity contribution in [3.63, 3.8) is 0 Å². The number of isocyanates is 1. The molecule has 1 aliphatic heterocycles. The maximum atomic E-state index is 12.4. The summed E-state index contributed by atoms with van der Waals surface area (Å²) in [4.78, 5) is 22.6. The lowest BCUT2D eigenvalue weighted by molar-refractivity contribution is -0.00996. The van der Waals surface area contributed by atoms with Gasteiger partial charge in [-0.05, 0) is 48.0 Å². The molecule has 0 radical (unpaired) electrons. The van der Waals surface area contributed by atoms with Gasteiger partial charge in [0.05, 0.1) is 0 Å². The van der Waals surface area contributed by atoms with Gasteiger partial charge in [-0.1, -0.05) is 64.1 Å². The van der Waals surface area contributed by atoms with E-state index in [9.17, 15) is 4.79 Å². The zero-order valence-corrected chi connectivity index (χ0v) is 18.4. The first kappa shape index (κ1) is 24.6. The summed E-state index contributed by atoms with van der Waals surface area (Å²) in [5.41, 5.74) is 1.51. The van der Waals surface area contributed by atoms with Crippen LogP contribution in [0.3, 0.4) is 0 Å². The highest BCUT2D eigenvalue weighted by atomic mass is 16.6. The number of piperidine rings is 1. The summed E-state index contributed by atoms with van der Waals surface area (Å²) in [6.07, 6.45) is 6.89. The molecule has 1 saturated heterocycles. The van der Waals surface area contributed by atoms with Crippen molar-refractivity contribution in [2.45, 2.75) is 60.0 Å². The quantitative estimate of drug-likeness (QED) is 0.364. The molecule has 160 valence electrons. The first-order valence-corrected chi connectivity index (χ1v) is 10.3. The Bertz CT molecular complexity index is 667. The van der Waals surface area contributed by atoms with E-state index in [0.29, 0.717) is 12.5 Å². The average Bonchev–Trinajstić information content (AvgIpc) is 2.71. The number of nitrogens with one attached hydrogen (secondary N) is 1. The van der Waals surface area contributed by atoms with Crippen molar-refractivity contribution < 1.29 is 14.3 Å². The topological polar surface area (TPSA) is 70.5 Å². The predicted molar refractivity (Wildman–Crippen MR) is 116 cm³/mol. The number of ether oxygens (including phenoxy) is 1. The van der Waals surface area contributed by atoms with Crippen LogP contribution < -0.4 is 0 Å². The van der Waals surface area contributed by atoms with E-state index in [1.165, 1.54) is 0 Å². The van der Waals surface area contributed by atoms with Gasteiger partial charge in [-0.25, -0.2) is 15.0 Å². The van der Waals surface area contributed by atoms with Crippen LogP contribution in [0.15, 0.2) is 43.0 Å². The summed E-state index contributed by atoms with van der Waals surface area (Å²) >= 11 is 0. The number of amides is 1. The number of rotatable bonds is 6. The number of benzene rings is 1. The standard InChI is InChI=1S/C23H35NO2.CHNO/c1-6-7-15-23(5,22(2,3)4)20-13-16-24(17-14-20)21(25)26-18-19-11-9-8-10-12-19;2-1-3/h6,8-12,20H,1,7,13-18H2,2-5H3;2H.